The van der Waals surface area contributed by atoms with Gasteiger partial charge in [-0.15, -0.1) is 0 Å². The van der Waals surface area contributed by atoms with Crippen LogP contribution in [-0.4, -0.2) is 11.1 Å². The Morgan fingerprint density at radius 3 is 2.64 bits per heavy atom. The van der Waals surface area contributed by atoms with Crippen LogP contribution in [0.4, 0.5) is 5.69 Å². The Bertz CT molecular complexity index is 296. The first-order chi connectivity index (χ1) is 6.69. The van der Waals surface area contributed by atoms with Crippen LogP contribution in [-0.2, 0) is 6.42 Å². The van der Waals surface area contributed by atoms with Gasteiger partial charge >= 0.3 is 0 Å². The van der Waals surface area contributed by atoms with Crippen LogP contribution in [0.15, 0.2) is 18.2 Å². The minimum atomic E-state index is 0.352. The van der Waals surface area contributed by atoms with Crippen molar-refractivity contribution in [3.05, 3.63) is 23.8 Å². The smallest absolute Gasteiger partial charge is 0.138 e. The molecule has 78 valence electrons. The minimum Gasteiger partial charge on any atom is -0.506 e. The summed E-state index contributed by atoms with van der Waals surface area (Å²) in [6.45, 7) is 6.34. The first-order valence-corrected chi connectivity index (χ1v) is 5.26. The van der Waals surface area contributed by atoms with Crippen LogP contribution in [0.1, 0.15) is 32.8 Å². The number of rotatable bonds is 4. The molecule has 1 aromatic rings. The van der Waals surface area contributed by atoms with Gasteiger partial charge in [-0.2, -0.15) is 0 Å². The maximum Gasteiger partial charge on any atom is 0.138 e. The van der Waals surface area contributed by atoms with Crippen LogP contribution >= 0.6 is 0 Å². The predicted octanol–water partition coefficient (Wildman–Crippen LogP) is 3.17. The Labute approximate surface area is 86.0 Å². The molecule has 0 radical (unpaired) electrons. The second-order valence-electron chi connectivity index (χ2n) is 3.62. The van der Waals surface area contributed by atoms with Gasteiger partial charge in [-0.25, -0.2) is 0 Å². The highest BCUT2D eigenvalue weighted by molar-refractivity contribution is 5.61. The number of aryl methyl sites for hydroxylation is 1. The third kappa shape index (κ3) is 2.41. The lowest BCUT2D eigenvalue weighted by atomic mass is 10.1. The van der Waals surface area contributed by atoms with Crippen molar-refractivity contribution in [2.75, 3.05) is 5.32 Å². The van der Waals surface area contributed by atoms with Crippen molar-refractivity contribution in [1.82, 2.24) is 0 Å². The molecule has 0 aliphatic heterocycles. The van der Waals surface area contributed by atoms with Gasteiger partial charge in [0, 0.05) is 6.04 Å². The van der Waals surface area contributed by atoms with E-state index in [0.29, 0.717) is 11.8 Å². The second-order valence-corrected chi connectivity index (χ2v) is 3.62. The molecule has 0 heterocycles. The average Bonchev–Trinajstić information content (AvgIpc) is 2.20. The van der Waals surface area contributed by atoms with E-state index >= 15 is 0 Å². The van der Waals surface area contributed by atoms with Crippen molar-refractivity contribution in [2.45, 2.75) is 39.7 Å². The summed E-state index contributed by atoms with van der Waals surface area (Å²) in [6, 6.07) is 6.05. The summed E-state index contributed by atoms with van der Waals surface area (Å²) in [5.41, 5.74) is 2.06. The summed E-state index contributed by atoms with van der Waals surface area (Å²) in [4.78, 5) is 0. The van der Waals surface area contributed by atoms with Crippen molar-refractivity contribution in [3.63, 3.8) is 0 Å². The molecule has 0 fully saturated rings. The lowest BCUT2D eigenvalue weighted by Gasteiger charge is -2.17. The number of nitrogens with one attached hydrogen (secondary N) is 1. The molecule has 0 aliphatic carbocycles. The maximum absolute atomic E-state index is 9.70. The molecule has 14 heavy (non-hydrogen) atoms. The van der Waals surface area contributed by atoms with Gasteiger partial charge in [-0.3, -0.25) is 0 Å². The van der Waals surface area contributed by atoms with E-state index in [1.165, 1.54) is 5.56 Å². The molecule has 1 atom stereocenters. The van der Waals surface area contributed by atoms with Gasteiger partial charge in [0.15, 0.2) is 0 Å². The SMILES string of the molecule is CCc1cccc(O)c1NC(C)CC. The number of anilines is 1. The standard InChI is InChI=1S/C12H19NO/c1-4-9(3)13-12-10(5-2)7-6-8-11(12)14/h6-9,13-14H,4-5H2,1-3H3. The lowest BCUT2D eigenvalue weighted by Crippen LogP contribution is -2.14. The first-order valence-electron chi connectivity index (χ1n) is 5.26. The van der Waals surface area contributed by atoms with Gasteiger partial charge in [0.05, 0.1) is 5.69 Å². The Kier molecular flexibility index (Phi) is 3.81. The van der Waals surface area contributed by atoms with Gasteiger partial charge < -0.3 is 10.4 Å². The van der Waals surface area contributed by atoms with E-state index in [9.17, 15) is 5.11 Å². The third-order valence-corrected chi connectivity index (χ3v) is 2.51. The Morgan fingerprint density at radius 1 is 1.36 bits per heavy atom. The van der Waals surface area contributed by atoms with E-state index < -0.39 is 0 Å². The monoisotopic (exact) mass is 193 g/mol. The molecule has 0 amide bonds. The van der Waals surface area contributed by atoms with E-state index in [0.717, 1.165) is 18.5 Å². The Balaban J connectivity index is 2.92. The molecule has 1 aromatic carbocycles. The molecule has 0 aromatic heterocycles. The van der Waals surface area contributed by atoms with Gasteiger partial charge in [-0.1, -0.05) is 26.0 Å². The Hall–Kier alpha value is -1.18. The van der Waals surface area contributed by atoms with Crippen molar-refractivity contribution in [2.24, 2.45) is 0 Å². The summed E-state index contributed by atoms with van der Waals surface area (Å²) >= 11 is 0. The summed E-state index contributed by atoms with van der Waals surface area (Å²) in [5.74, 6) is 0.352. The fourth-order valence-corrected chi connectivity index (χ4v) is 1.40. The number of phenols is 1. The minimum absolute atomic E-state index is 0.352. The molecule has 0 saturated heterocycles. The highest BCUT2D eigenvalue weighted by Crippen LogP contribution is 2.28. The largest absolute Gasteiger partial charge is 0.506 e. The molecular formula is C12H19NO. The second kappa shape index (κ2) is 4.89. The van der Waals surface area contributed by atoms with Gasteiger partial charge in [0.1, 0.15) is 5.75 Å². The number of para-hydroxylation sites is 1. The van der Waals surface area contributed by atoms with Gasteiger partial charge in [0.2, 0.25) is 0 Å². The first kappa shape index (κ1) is 10.9. The highest BCUT2D eigenvalue weighted by Gasteiger charge is 2.07. The van der Waals surface area contributed by atoms with Crippen LogP contribution < -0.4 is 5.32 Å². The van der Waals surface area contributed by atoms with E-state index in [-0.39, 0.29) is 0 Å². The zero-order valence-corrected chi connectivity index (χ0v) is 9.17. The lowest BCUT2D eigenvalue weighted by molar-refractivity contribution is 0.475. The highest BCUT2D eigenvalue weighted by atomic mass is 16.3. The molecule has 1 unspecified atom stereocenters. The maximum atomic E-state index is 9.70. The summed E-state index contributed by atoms with van der Waals surface area (Å²) < 4.78 is 0. The number of benzene rings is 1. The van der Waals surface area contributed by atoms with Gasteiger partial charge in [0.25, 0.3) is 0 Å². The molecule has 1 rings (SSSR count). The van der Waals surface area contributed by atoms with Crippen molar-refractivity contribution in [3.8, 4) is 5.75 Å². The summed E-state index contributed by atoms with van der Waals surface area (Å²) in [5, 5.41) is 13.0. The van der Waals surface area contributed by atoms with Crippen LogP contribution in [0.25, 0.3) is 0 Å². The van der Waals surface area contributed by atoms with E-state index in [2.05, 4.69) is 26.1 Å². The van der Waals surface area contributed by atoms with E-state index in [4.69, 9.17) is 0 Å². The number of hydrogen-bond donors (Lipinski definition) is 2. The molecule has 2 nitrogen and oxygen atoms in total. The quantitative estimate of drug-likeness (QED) is 0.720. The van der Waals surface area contributed by atoms with Crippen LogP contribution in [0.2, 0.25) is 0 Å². The number of hydrogen-bond acceptors (Lipinski definition) is 2. The molecule has 2 N–H and O–H groups in total. The van der Waals surface area contributed by atoms with Crippen molar-refractivity contribution >= 4 is 5.69 Å². The van der Waals surface area contributed by atoms with E-state index in [1.54, 1.807) is 6.07 Å². The molecular weight excluding hydrogens is 174 g/mol. The zero-order valence-electron chi connectivity index (χ0n) is 9.17. The number of phenolic OH excluding ortho intramolecular Hbond substituents is 1. The topological polar surface area (TPSA) is 32.3 Å². The molecule has 2 heteroatoms. The van der Waals surface area contributed by atoms with E-state index in [1.807, 2.05) is 12.1 Å². The van der Waals surface area contributed by atoms with Crippen LogP contribution in [0, 0.1) is 0 Å². The van der Waals surface area contributed by atoms with Crippen LogP contribution in [0.3, 0.4) is 0 Å². The van der Waals surface area contributed by atoms with Gasteiger partial charge in [-0.05, 0) is 31.4 Å². The average molecular weight is 193 g/mol. The molecule has 0 saturated carbocycles. The molecule has 0 spiro atoms. The summed E-state index contributed by atoms with van der Waals surface area (Å²) in [6.07, 6.45) is 1.99. The third-order valence-electron chi connectivity index (χ3n) is 2.51. The number of aromatic hydroxyl groups is 1. The van der Waals surface area contributed by atoms with Crippen molar-refractivity contribution < 1.29 is 5.11 Å². The molecule has 0 aliphatic rings. The van der Waals surface area contributed by atoms with Crippen LogP contribution in [0.5, 0.6) is 5.75 Å². The summed E-state index contributed by atoms with van der Waals surface area (Å²) in [7, 11) is 0. The zero-order chi connectivity index (χ0) is 10.6. The Morgan fingerprint density at radius 2 is 2.07 bits per heavy atom. The molecule has 0 bridgehead atoms. The normalized spacial score (nSPS) is 12.5. The fraction of sp³-hybridized carbons (Fsp3) is 0.500. The van der Waals surface area contributed by atoms with Crippen molar-refractivity contribution in [1.29, 1.82) is 0 Å². The fourth-order valence-electron chi connectivity index (χ4n) is 1.40. The predicted molar refractivity (Wildman–Crippen MR) is 60.9 cm³/mol.